The van der Waals surface area contributed by atoms with Crippen LogP contribution in [0.5, 0.6) is 0 Å². The van der Waals surface area contributed by atoms with E-state index in [1.165, 1.54) is 38.9 Å². The molecule has 0 aromatic carbocycles. The molecule has 0 spiro atoms. The van der Waals surface area contributed by atoms with Gasteiger partial charge in [0.05, 0.1) is 47.8 Å². The Morgan fingerprint density at radius 1 is 0.765 bits per heavy atom. The number of nitrogens with one attached hydrogen (secondary N) is 1. The lowest BCUT2D eigenvalue weighted by Crippen LogP contribution is -3.11. The number of rotatable bonds is 6. The lowest BCUT2D eigenvalue weighted by Gasteiger charge is -2.14. The lowest BCUT2D eigenvalue weighted by atomic mass is 10.2. The van der Waals surface area contributed by atoms with Gasteiger partial charge in [-0.05, 0) is 26.7 Å². The van der Waals surface area contributed by atoms with Crippen LogP contribution in [0.1, 0.15) is 40.0 Å². The molecule has 0 aliphatic carbocycles. The molecule has 4 heteroatoms. The Hall–Kier alpha value is -0.160. The molecule has 0 heterocycles. The molecule has 0 rings (SSSR count). The minimum absolute atomic E-state index is 0. The standard InChI is InChI=1S/C9H21N.C4H12N.2H2O/c1-4-7-8-9-10(5-2)6-3;1-5(2,3)4;;/h4-9H2,1-3H3;1-4H3;2*1H2/q;+1;;/p-1. The Morgan fingerprint density at radius 3 is 1.35 bits per heavy atom. The molecule has 0 unspecified atom stereocenters. The fourth-order valence-corrected chi connectivity index (χ4v) is 1.23. The molecule has 3 N–H and O–H groups in total. The van der Waals surface area contributed by atoms with Crippen LogP contribution in [-0.4, -0.2) is 63.3 Å². The van der Waals surface area contributed by atoms with Crippen molar-refractivity contribution >= 4 is 0 Å². The van der Waals surface area contributed by atoms with Gasteiger partial charge in [0.1, 0.15) is 0 Å². The summed E-state index contributed by atoms with van der Waals surface area (Å²) in [5.41, 5.74) is 0. The van der Waals surface area contributed by atoms with Crippen LogP contribution in [0.25, 0.3) is 0 Å². The van der Waals surface area contributed by atoms with E-state index >= 15 is 0 Å². The third-order valence-corrected chi connectivity index (χ3v) is 2.13. The van der Waals surface area contributed by atoms with Crippen molar-refractivity contribution in [3.8, 4) is 0 Å². The maximum Gasteiger partial charge on any atom is 0.0770 e. The zero-order valence-corrected chi connectivity index (χ0v) is 13.1. The van der Waals surface area contributed by atoms with Gasteiger partial charge in [0.25, 0.3) is 0 Å². The van der Waals surface area contributed by atoms with Crippen molar-refractivity contribution in [3.05, 3.63) is 0 Å². The van der Waals surface area contributed by atoms with Gasteiger partial charge < -0.3 is 20.3 Å². The molecule has 110 valence electrons. The molecule has 0 fully saturated rings. The van der Waals surface area contributed by atoms with E-state index in [2.05, 4.69) is 49.0 Å². The average Bonchev–Trinajstić information content (AvgIpc) is 2.10. The molecule has 4 nitrogen and oxygen atoms in total. The topological polar surface area (TPSA) is 64.4 Å². The first kappa shape index (κ1) is 25.6. The highest BCUT2D eigenvalue weighted by Gasteiger charge is 1.99. The van der Waals surface area contributed by atoms with Crippen LogP contribution in [0, 0.1) is 0 Å². The van der Waals surface area contributed by atoms with Gasteiger partial charge in [-0.3, -0.25) is 0 Å². The normalized spacial score (nSPS) is 9.88. The Morgan fingerprint density at radius 2 is 1.12 bits per heavy atom. The molecule has 0 amide bonds. The zero-order valence-electron chi connectivity index (χ0n) is 13.1. The van der Waals surface area contributed by atoms with Crippen molar-refractivity contribution in [2.45, 2.75) is 40.0 Å². The van der Waals surface area contributed by atoms with Crippen LogP contribution < -0.4 is 4.90 Å². The molecule has 0 atom stereocenters. The molecule has 0 aliphatic rings. The van der Waals surface area contributed by atoms with Crippen molar-refractivity contribution in [3.63, 3.8) is 0 Å². The van der Waals surface area contributed by atoms with Crippen molar-refractivity contribution in [2.75, 3.05) is 47.8 Å². The van der Waals surface area contributed by atoms with Crippen molar-refractivity contribution < 1.29 is 20.3 Å². The van der Waals surface area contributed by atoms with E-state index in [-0.39, 0.29) is 11.0 Å². The number of unbranched alkanes of at least 4 members (excludes halogenated alkanes) is 2. The Labute approximate surface area is 109 Å². The van der Waals surface area contributed by atoms with Gasteiger partial charge in [0.15, 0.2) is 0 Å². The summed E-state index contributed by atoms with van der Waals surface area (Å²) in [6.07, 6.45) is 4.16. The minimum Gasteiger partial charge on any atom is -0.870 e. The largest absolute Gasteiger partial charge is 0.870 e. The minimum atomic E-state index is 0. The first-order chi connectivity index (χ1) is 6.85. The SMILES string of the molecule is CCCCC[NH+](CC)CC.C[N+](C)(C)C.[OH-].[OH-]. The predicted octanol–water partition coefficient (Wildman–Crippen LogP) is 1.07. The number of quaternary nitrogens is 2. The summed E-state index contributed by atoms with van der Waals surface area (Å²) in [6.45, 7) is 10.8. The molecule has 0 saturated carbocycles. The molecule has 0 aromatic rings. The third kappa shape index (κ3) is 38.8. The monoisotopic (exact) mass is 252 g/mol. The number of hydrogen-bond donors (Lipinski definition) is 1. The molecule has 17 heavy (non-hydrogen) atoms. The first-order valence-electron chi connectivity index (χ1n) is 6.47. The fraction of sp³-hybridized carbons (Fsp3) is 1.00. The average molecular weight is 252 g/mol. The number of hydrogen-bond acceptors (Lipinski definition) is 2. The van der Waals surface area contributed by atoms with Crippen LogP contribution >= 0.6 is 0 Å². The summed E-state index contributed by atoms with van der Waals surface area (Å²) >= 11 is 0. The highest BCUT2D eigenvalue weighted by molar-refractivity contribution is 4.33. The quantitative estimate of drug-likeness (QED) is 0.568. The van der Waals surface area contributed by atoms with E-state index in [9.17, 15) is 0 Å². The summed E-state index contributed by atoms with van der Waals surface area (Å²) < 4.78 is 1.00. The van der Waals surface area contributed by atoms with Gasteiger partial charge in [-0.1, -0.05) is 13.3 Å². The highest BCUT2D eigenvalue weighted by Crippen LogP contribution is 1.88. The van der Waals surface area contributed by atoms with Crippen LogP contribution in [0.15, 0.2) is 0 Å². The maximum atomic E-state index is 2.27. The van der Waals surface area contributed by atoms with E-state index in [4.69, 9.17) is 0 Å². The lowest BCUT2D eigenvalue weighted by molar-refractivity contribution is -0.896. The van der Waals surface area contributed by atoms with Gasteiger partial charge in [-0.25, -0.2) is 0 Å². The molecule has 0 saturated heterocycles. The van der Waals surface area contributed by atoms with Crippen LogP contribution in [0.2, 0.25) is 0 Å². The van der Waals surface area contributed by atoms with Gasteiger partial charge in [0, 0.05) is 0 Å². The predicted molar refractivity (Wildman–Crippen MR) is 74.3 cm³/mol. The van der Waals surface area contributed by atoms with E-state index in [0.29, 0.717) is 0 Å². The second-order valence-electron chi connectivity index (χ2n) is 5.60. The zero-order chi connectivity index (χ0) is 12.3. The van der Waals surface area contributed by atoms with E-state index in [1.54, 1.807) is 4.90 Å². The fourth-order valence-electron chi connectivity index (χ4n) is 1.23. The van der Waals surface area contributed by atoms with Gasteiger partial charge in [-0.2, -0.15) is 0 Å². The maximum absolute atomic E-state index is 2.27. The summed E-state index contributed by atoms with van der Waals surface area (Å²) in [5.74, 6) is 0. The number of nitrogens with zero attached hydrogens (tertiary/aromatic N) is 1. The Kier molecular flexibility index (Phi) is 23.9. The van der Waals surface area contributed by atoms with Crippen molar-refractivity contribution in [2.24, 2.45) is 0 Å². The van der Waals surface area contributed by atoms with E-state index < -0.39 is 0 Å². The van der Waals surface area contributed by atoms with Gasteiger partial charge in [-0.15, -0.1) is 0 Å². The summed E-state index contributed by atoms with van der Waals surface area (Å²) in [7, 11) is 8.50. The van der Waals surface area contributed by atoms with Crippen molar-refractivity contribution in [1.29, 1.82) is 0 Å². The molecule has 0 bridgehead atoms. The van der Waals surface area contributed by atoms with E-state index in [1.807, 2.05) is 0 Å². The second-order valence-corrected chi connectivity index (χ2v) is 5.60. The smallest absolute Gasteiger partial charge is 0.0770 e. The Balaban J connectivity index is -0.000000105. The first-order valence-corrected chi connectivity index (χ1v) is 6.47. The molecular weight excluding hydrogens is 216 g/mol. The Bertz CT molecular complexity index is 115. The van der Waals surface area contributed by atoms with Crippen LogP contribution in [-0.2, 0) is 0 Å². The highest BCUT2D eigenvalue weighted by atomic mass is 16.0. The van der Waals surface area contributed by atoms with Crippen LogP contribution in [0.4, 0.5) is 0 Å². The summed E-state index contributed by atoms with van der Waals surface area (Å²) in [4.78, 5) is 1.74. The van der Waals surface area contributed by atoms with Crippen molar-refractivity contribution in [1.82, 2.24) is 0 Å². The van der Waals surface area contributed by atoms with Crippen LogP contribution in [0.3, 0.4) is 0 Å². The summed E-state index contributed by atoms with van der Waals surface area (Å²) in [6, 6.07) is 0. The van der Waals surface area contributed by atoms with Gasteiger partial charge >= 0.3 is 0 Å². The second kappa shape index (κ2) is 15.8. The molecule has 0 radical (unpaired) electrons. The third-order valence-electron chi connectivity index (χ3n) is 2.13. The summed E-state index contributed by atoms with van der Waals surface area (Å²) in [5, 5.41) is 0. The molecular formula is C13H36N2O2. The van der Waals surface area contributed by atoms with Gasteiger partial charge in [0.2, 0.25) is 0 Å². The molecule has 0 aliphatic heterocycles. The molecule has 0 aromatic heterocycles. The van der Waals surface area contributed by atoms with E-state index in [0.717, 1.165) is 4.48 Å².